The van der Waals surface area contributed by atoms with Gasteiger partial charge in [0.05, 0.1) is 12.4 Å². The molecule has 0 saturated heterocycles. The van der Waals surface area contributed by atoms with E-state index in [0.717, 1.165) is 12.1 Å². The number of nitrogens with one attached hydrogen (secondary N) is 1. The van der Waals surface area contributed by atoms with Gasteiger partial charge in [0, 0.05) is 17.1 Å². The van der Waals surface area contributed by atoms with Gasteiger partial charge in [0.1, 0.15) is 12.4 Å². The van der Waals surface area contributed by atoms with Crippen LogP contribution in [0.5, 0.6) is 5.88 Å². The van der Waals surface area contributed by atoms with Gasteiger partial charge in [-0.05, 0) is 13.0 Å². The van der Waals surface area contributed by atoms with Crippen LogP contribution in [0.3, 0.4) is 0 Å². The highest BCUT2D eigenvalue weighted by molar-refractivity contribution is 6.31. The number of nitrogens with zero attached hydrogens (tertiary/aromatic N) is 2. The van der Waals surface area contributed by atoms with Crippen LogP contribution >= 0.6 is 11.6 Å². The van der Waals surface area contributed by atoms with Crippen LogP contribution in [0.4, 0.5) is 5.82 Å². The van der Waals surface area contributed by atoms with E-state index in [4.69, 9.17) is 16.3 Å². The number of rotatable bonds is 5. The maximum absolute atomic E-state index is 6.04. The quantitative estimate of drug-likeness (QED) is 0.900. The summed E-state index contributed by atoms with van der Waals surface area (Å²) in [5, 5.41) is 3.77. The third-order valence-electron chi connectivity index (χ3n) is 2.30. The zero-order valence-electron chi connectivity index (χ0n) is 10.1. The Balaban J connectivity index is 2.02. The molecule has 0 aliphatic heterocycles. The Morgan fingerprint density at radius 3 is 2.89 bits per heavy atom. The largest absolute Gasteiger partial charge is 0.472 e. The van der Waals surface area contributed by atoms with Crippen LogP contribution in [-0.2, 0) is 6.61 Å². The van der Waals surface area contributed by atoms with Crippen molar-refractivity contribution in [3.63, 3.8) is 0 Å². The Morgan fingerprint density at radius 2 is 2.11 bits per heavy atom. The fourth-order valence-electron chi connectivity index (χ4n) is 1.45. The van der Waals surface area contributed by atoms with Crippen molar-refractivity contribution in [1.82, 2.24) is 9.97 Å². The Bertz CT molecular complexity index is 519. The fourth-order valence-corrected chi connectivity index (χ4v) is 1.64. The lowest BCUT2D eigenvalue weighted by Gasteiger charge is -2.08. The normalized spacial score (nSPS) is 10.1. The van der Waals surface area contributed by atoms with Gasteiger partial charge in [0.25, 0.3) is 0 Å². The van der Waals surface area contributed by atoms with E-state index in [-0.39, 0.29) is 0 Å². The molecule has 1 aromatic carbocycles. The summed E-state index contributed by atoms with van der Waals surface area (Å²) < 4.78 is 5.56. The molecule has 18 heavy (non-hydrogen) atoms. The second kappa shape index (κ2) is 6.21. The van der Waals surface area contributed by atoms with Gasteiger partial charge >= 0.3 is 0 Å². The van der Waals surface area contributed by atoms with Gasteiger partial charge in [-0.1, -0.05) is 29.8 Å². The molecular weight excluding hydrogens is 250 g/mol. The first-order valence-corrected chi connectivity index (χ1v) is 6.09. The molecule has 0 atom stereocenters. The van der Waals surface area contributed by atoms with Gasteiger partial charge < -0.3 is 10.1 Å². The zero-order valence-corrected chi connectivity index (χ0v) is 10.8. The Kier molecular flexibility index (Phi) is 4.36. The molecular formula is C13H14ClN3O. The van der Waals surface area contributed by atoms with Crippen molar-refractivity contribution in [3.8, 4) is 5.88 Å². The van der Waals surface area contributed by atoms with Crippen LogP contribution in [-0.4, -0.2) is 16.5 Å². The maximum atomic E-state index is 6.04. The van der Waals surface area contributed by atoms with Gasteiger partial charge in [-0.3, -0.25) is 4.98 Å². The molecule has 1 N–H and O–H groups in total. The molecule has 0 bridgehead atoms. The average Bonchev–Trinajstić information content (AvgIpc) is 2.39. The summed E-state index contributed by atoms with van der Waals surface area (Å²) in [7, 11) is 0. The number of ether oxygens (including phenoxy) is 1. The van der Waals surface area contributed by atoms with E-state index in [1.54, 1.807) is 12.4 Å². The lowest BCUT2D eigenvalue weighted by molar-refractivity contribution is 0.293. The number of aromatic nitrogens is 2. The number of halogens is 1. The van der Waals surface area contributed by atoms with Gasteiger partial charge in [-0.15, -0.1) is 0 Å². The number of benzene rings is 1. The van der Waals surface area contributed by atoms with Crippen molar-refractivity contribution in [2.75, 3.05) is 11.9 Å². The number of hydrogen-bond acceptors (Lipinski definition) is 4. The van der Waals surface area contributed by atoms with Crippen molar-refractivity contribution >= 4 is 17.4 Å². The van der Waals surface area contributed by atoms with Gasteiger partial charge in [0.15, 0.2) is 0 Å². The Hall–Kier alpha value is -1.81. The summed E-state index contributed by atoms with van der Waals surface area (Å²) in [6.07, 6.45) is 3.24. The van der Waals surface area contributed by atoms with E-state index in [1.807, 2.05) is 31.2 Å². The molecule has 0 radical (unpaired) electrons. The van der Waals surface area contributed by atoms with E-state index >= 15 is 0 Å². The zero-order chi connectivity index (χ0) is 12.8. The van der Waals surface area contributed by atoms with Gasteiger partial charge in [-0.2, -0.15) is 4.98 Å². The summed E-state index contributed by atoms with van der Waals surface area (Å²) in [4.78, 5) is 8.32. The number of anilines is 1. The van der Waals surface area contributed by atoms with Gasteiger partial charge in [-0.25, -0.2) is 0 Å². The first-order valence-electron chi connectivity index (χ1n) is 5.71. The summed E-state index contributed by atoms with van der Waals surface area (Å²) >= 11 is 6.04. The minimum atomic E-state index is 0.379. The van der Waals surface area contributed by atoms with Crippen LogP contribution < -0.4 is 10.1 Å². The molecule has 0 saturated carbocycles. The Labute approximate surface area is 111 Å². The molecule has 0 spiro atoms. The highest BCUT2D eigenvalue weighted by Crippen LogP contribution is 2.17. The molecule has 1 heterocycles. The van der Waals surface area contributed by atoms with Crippen molar-refractivity contribution in [3.05, 3.63) is 47.2 Å². The monoisotopic (exact) mass is 263 g/mol. The van der Waals surface area contributed by atoms with E-state index in [9.17, 15) is 0 Å². The second-order valence-electron chi connectivity index (χ2n) is 3.65. The third kappa shape index (κ3) is 3.34. The van der Waals surface area contributed by atoms with Crippen LogP contribution in [0.25, 0.3) is 0 Å². The van der Waals surface area contributed by atoms with E-state index < -0.39 is 0 Å². The lowest BCUT2D eigenvalue weighted by atomic mass is 10.2. The smallest absolute Gasteiger partial charge is 0.234 e. The highest BCUT2D eigenvalue weighted by Gasteiger charge is 2.02. The first kappa shape index (κ1) is 12.6. The highest BCUT2D eigenvalue weighted by atomic mass is 35.5. The second-order valence-corrected chi connectivity index (χ2v) is 4.06. The average molecular weight is 264 g/mol. The maximum Gasteiger partial charge on any atom is 0.234 e. The minimum Gasteiger partial charge on any atom is -0.472 e. The molecule has 0 amide bonds. The standard InChI is InChI=1S/C13H14ClN3O/c1-2-16-12-7-15-8-13(17-12)18-9-10-5-3-4-6-11(10)14/h3-8H,2,9H2,1H3,(H,16,17). The van der Waals surface area contributed by atoms with Gasteiger partial charge in [0.2, 0.25) is 5.88 Å². The van der Waals surface area contributed by atoms with Crippen molar-refractivity contribution < 1.29 is 4.74 Å². The van der Waals surface area contributed by atoms with E-state index in [1.165, 1.54) is 0 Å². The minimum absolute atomic E-state index is 0.379. The number of hydrogen-bond donors (Lipinski definition) is 1. The fraction of sp³-hybridized carbons (Fsp3) is 0.231. The molecule has 0 aliphatic rings. The predicted molar refractivity (Wildman–Crippen MR) is 72.0 cm³/mol. The Morgan fingerprint density at radius 1 is 1.28 bits per heavy atom. The van der Waals surface area contributed by atoms with Crippen LogP contribution in [0.15, 0.2) is 36.7 Å². The molecule has 0 fully saturated rings. The summed E-state index contributed by atoms with van der Waals surface area (Å²) in [6, 6.07) is 7.56. The molecule has 5 heteroatoms. The summed E-state index contributed by atoms with van der Waals surface area (Å²) in [5.41, 5.74) is 0.926. The van der Waals surface area contributed by atoms with Crippen molar-refractivity contribution in [2.45, 2.75) is 13.5 Å². The molecule has 1 aromatic heterocycles. The SMILES string of the molecule is CCNc1cncc(OCc2ccccc2Cl)n1. The van der Waals surface area contributed by atoms with Crippen molar-refractivity contribution in [1.29, 1.82) is 0 Å². The van der Waals surface area contributed by atoms with E-state index in [0.29, 0.717) is 23.3 Å². The molecule has 2 aromatic rings. The summed E-state index contributed by atoms with van der Waals surface area (Å²) in [5.74, 6) is 1.18. The predicted octanol–water partition coefficient (Wildman–Crippen LogP) is 3.14. The topological polar surface area (TPSA) is 47.0 Å². The molecule has 2 rings (SSSR count). The van der Waals surface area contributed by atoms with Crippen LogP contribution in [0.1, 0.15) is 12.5 Å². The third-order valence-corrected chi connectivity index (χ3v) is 2.67. The lowest BCUT2D eigenvalue weighted by Crippen LogP contribution is -2.03. The molecule has 0 aliphatic carbocycles. The van der Waals surface area contributed by atoms with Crippen LogP contribution in [0, 0.1) is 0 Å². The molecule has 4 nitrogen and oxygen atoms in total. The summed E-state index contributed by atoms with van der Waals surface area (Å²) in [6.45, 7) is 3.17. The molecule has 0 unspecified atom stereocenters. The van der Waals surface area contributed by atoms with Crippen molar-refractivity contribution in [2.24, 2.45) is 0 Å². The van der Waals surface area contributed by atoms with E-state index in [2.05, 4.69) is 15.3 Å². The molecule has 94 valence electrons. The first-order chi connectivity index (χ1) is 8.79. The van der Waals surface area contributed by atoms with Crippen LogP contribution in [0.2, 0.25) is 5.02 Å².